The number of ether oxygens (including phenoxy) is 3. The first-order valence-electron chi connectivity index (χ1n) is 11.8. The van der Waals surface area contributed by atoms with Gasteiger partial charge in [-0.05, 0) is 37.3 Å². The Hall–Kier alpha value is -3.30. The van der Waals surface area contributed by atoms with Gasteiger partial charge in [0.2, 0.25) is 5.88 Å². The highest BCUT2D eigenvalue weighted by Gasteiger charge is 2.52. The highest BCUT2D eigenvalue weighted by Crippen LogP contribution is 2.45. The van der Waals surface area contributed by atoms with Gasteiger partial charge in [0, 0.05) is 23.6 Å². The average molecular weight is 481 g/mol. The standard InChI is InChI=1S/C26H29FN4O4/c1-33-22-8-7-20-23(31-22)18(19(27)14-29-20)13-21(26-11-9-25(28,10-12-26)16-35-26)30-24(32)34-15-17-5-3-2-4-6-17/h2-8,14,21H,9-13,15-16,28H2,1H3,(H,30,32). The van der Waals surface area contributed by atoms with Crippen molar-refractivity contribution in [1.29, 1.82) is 0 Å². The fourth-order valence-corrected chi connectivity index (χ4v) is 5.06. The zero-order chi connectivity index (χ0) is 24.5. The number of nitrogens with two attached hydrogens (primary N) is 1. The number of nitrogens with one attached hydrogen (secondary N) is 1. The number of nitrogens with zero attached hydrogens (tertiary/aromatic N) is 2. The van der Waals surface area contributed by atoms with Crippen LogP contribution in [0.15, 0.2) is 48.7 Å². The Labute approximate surface area is 203 Å². The predicted molar refractivity (Wildman–Crippen MR) is 127 cm³/mol. The Morgan fingerprint density at radius 3 is 2.66 bits per heavy atom. The number of aromatic nitrogens is 2. The van der Waals surface area contributed by atoms with Gasteiger partial charge in [0.1, 0.15) is 12.4 Å². The number of benzene rings is 1. The molecule has 0 radical (unpaired) electrons. The number of hydrogen-bond donors (Lipinski definition) is 2. The lowest BCUT2D eigenvalue weighted by molar-refractivity contribution is -0.168. The van der Waals surface area contributed by atoms with Gasteiger partial charge in [0.15, 0.2) is 0 Å². The van der Waals surface area contributed by atoms with Gasteiger partial charge in [-0.25, -0.2) is 14.2 Å². The van der Waals surface area contributed by atoms with Crippen LogP contribution >= 0.6 is 0 Å². The molecule has 1 atom stereocenters. The van der Waals surface area contributed by atoms with E-state index >= 15 is 4.39 Å². The Morgan fingerprint density at radius 2 is 1.97 bits per heavy atom. The topological polar surface area (TPSA) is 109 Å². The van der Waals surface area contributed by atoms with Crippen LogP contribution < -0.4 is 15.8 Å². The molecule has 35 heavy (non-hydrogen) atoms. The maximum absolute atomic E-state index is 15.1. The molecule has 1 amide bonds. The molecule has 1 aromatic carbocycles. The van der Waals surface area contributed by atoms with Crippen LogP contribution in [0, 0.1) is 5.82 Å². The van der Waals surface area contributed by atoms with E-state index < -0.39 is 23.6 Å². The van der Waals surface area contributed by atoms with Gasteiger partial charge in [0.25, 0.3) is 0 Å². The third-order valence-electron chi connectivity index (χ3n) is 7.24. The van der Waals surface area contributed by atoms with Crippen molar-refractivity contribution < 1.29 is 23.4 Å². The molecule has 2 saturated heterocycles. The molecule has 3 fully saturated rings. The molecule has 0 spiro atoms. The first-order chi connectivity index (χ1) is 16.9. The first kappa shape index (κ1) is 23.4. The molecule has 8 nitrogen and oxygen atoms in total. The van der Waals surface area contributed by atoms with Crippen molar-refractivity contribution in [3.8, 4) is 5.88 Å². The lowest BCUT2D eigenvalue weighted by Gasteiger charge is -2.54. The summed E-state index contributed by atoms with van der Waals surface area (Å²) in [4.78, 5) is 21.5. The van der Waals surface area contributed by atoms with E-state index in [1.807, 2.05) is 30.3 Å². The molecule has 3 aromatic rings. The van der Waals surface area contributed by atoms with Gasteiger partial charge in [-0.3, -0.25) is 4.98 Å². The van der Waals surface area contributed by atoms with Crippen LogP contribution in [0.3, 0.4) is 0 Å². The molecule has 6 rings (SSSR count). The SMILES string of the molecule is COc1ccc2ncc(F)c(CC(NC(=O)OCc3ccccc3)C34CCC(N)(CC3)CO4)c2n1. The van der Waals surface area contributed by atoms with Crippen molar-refractivity contribution in [2.75, 3.05) is 13.7 Å². The number of carbonyl (C=O) groups excluding carboxylic acids is 1. The summed E-state index contributed by atoms with van der Waals surface area (Å²) in [5.74, 6) is -0.144. The minimum atomic E-state index is -0.673. The van der Waals surface area contributed by atoms with E-state index in [0.717, 1.165) is 18.4 Å². The number of carbonyl (C=O) groups is 1. The van der Waals surface area contributed by atoms with E-state index in [-0.39, 0.29) is 18.6 Å². The molecule has 1 unspecified atom stereocenters. The smallest absolute Gasteiger partial charge is 0.407 e. The number of halogens is 1. The van der Waals surface area contributed by atoms with E-state index in [2.05, 4.69) is 15.3 Å². The van der Waals surface area contributed by atoms with Gasteiger partial charge < -0.3 is 25.3 Å². The van der Waals surface area contributed by atoms with Crippen molar-refractivity contribution in [3.63, 3.8) is 0 Å². The largest absolute Gasteiger partial charge is 0.481 e. The molecular formula is C26H29FN4O4. The summed E-state index contributed by atoms with van der Waals surface area (Å²) < 4.78 is 32.2. The molecule has 184 valence electrons. The van der Waals surface area contributed by atoms with Crippen molar-refractivity contribution in [1.82, 2.24) is 15.3 Å². The normalized spacial score (nSPS) is 24.2. The maximum atomic E-state index is 15.1. The van der Waals surface area contributed by atoms with Gasteiger partial charge in [-0.1, -0.05) is 30.3 Å². The van der Waals surface area contributed by atoms with E-state index in [4.69, 9.17) is 19.9 Å². The Kier molecular flexibility index (Phi) is 6.29. The van der Waals surface area contributed by atoms with Crippen molar-refractivity contribution in [2.24, 2.45) is 5.73 Å². The fourth-order valence-electron chi connectivity index (χ4n) is 5.06. The lowest BCUT2D eigenvalue weighted by Crippen LogP contribution is -2.66. The summed E-state index contributed by atoms with van der Waals surface area (Å²) in [6, 6.07) is 12.3. The molecule has 2 bridgehead atoms. The van der Waals surface area contributed by atoms with Crippen LogP contribution in [-0.2, 0) is 22.5 Å². The number of amides is 1. The number of alkyl carbamates (subject to hydrolysis) is 1. The van der Waals surface area contributed by atoms with Crippen LogP contribution in [0.1, 0.15) is 36.8 Å². The van der Waals surface area contributed by atoms with E-state index in [9.17, 15) is 4.79 Å². The summed E-state index contributed by atoms with van der Waals surface area (Å²) in [5.41, 5.74) is 7.56. The summed E-state index contributed by atoms with van der Waals surface area (Å²) in [7, 11) is 1.50. The molecule has 2 aromatic heterocycles. The third kappa shape index (κ3) is 4.78. The molecule has 2 aliphatic heterocycles. The second-order valence-corrected chi connectivity index (χ2v) is 9.48. The minimum Gasteiger partial charge on any atom is -0.481 e. The van der Waals surface area contributed by atoms with Crippen LogP contribution in [0.25, 0.3) is 11.0 Å². The minimum absolute atomic E-state index is 0.129. The Bertz CT molecular complexity index is 1200. The summed E-state index contributed by atoms with van der Waals surface area (Å²) in [6.07, 6.45) is 3.62. The van der Waals surface area contributed by atoms with Crippen LogP contribution in [-0.4, -0.2) is 47.0 Å². The van der Waals surface area contributed by atoms with E-state index in [1.165, 1.54) is 13.3 Å². The second kappa shape index (κ2) is 9.39. The lowest BCUT2D eigenvalue weighted by atomic mass is 9.68. The van der Waals surface area contributed by atoms with Crippen molar-refractivity contribution >= 4 is 17.1 Å². The number of pyridine rings is 2. The average Bonchev–Trinajstić information content (AvgIpc) is 2.89. The molecule has 9 heteroatoms. The molecule has 1 saturated carbocycles. The molecule has 4 heterocycles. The molecular weight excluding hydrogens is 451 g/mol. The van der Waals surface area contributed by atoms with E-state index in [0.29, 0.717) is 41.9 Å². The quantitative estimate of drug-likeness (QED) is 0.531. The van der Waals surface area contributed by atoms with Gasteiger partial charge in [0.05, 0.1) is 42.6 Å². The highest BCUT2D eigenvalue weighted by molar-refractivity contribution is 5.78. The summed E-state index contributed by atoms with van der Waals surface area (Å²) in [6.45, 7) is 0.528. The van der Waals surface area contributed by atoms with Gasteiger partial charge in [-0.2, -0.15) is 0 Å². The van der Waals surface area contributed by atoms with E-state index in [1.54, 1.807) is 12.1 Å². The Morgan fingerprint density at radius 1 is 1.20 bits per heavy atom. The second-order valence-electron chi connectivity index (χ2n) is 9.48. The molecule has 1 aliphatic carbocycles. The summed E-state index contributed by atoms with van der Waals surface area (Å²) >= 11 is 0. The van der Waals surface area contributed by atoms with Gasteiger partial charge in [-0.15, -0.1) is 0 Å². The first-order valence-corrected chi connectivity index (χ1v) is 11.8. The number of methoxy groups -OCH3 is 1. The number of fused-ring (bicyclic) bond motifs is 4. The van der Waals surface area contributed by atoms with Gasteiger partial charge >= 0.3 is 6.09 Å². The highest BCUT2D eigenvalue weighted by atomic mass is 19.1. The number of rotatable bonds is 7. The summed E-state index contributed by atoms with van der Waals surface area (Å²) in [5, 5.41) is 2.98. The third-order valence-corrected chi connectivity index (χ3v) is 7.24. The Balaban J connectivity index is 1.44. The predicted octanol–water partition coefficient (Wildman–Crippen LogP) is 3.66. The number of hydrogen-bond acceptors (Lipinski definition) is 7. The van der Waals surface area contributed by atoms with Crippen molar-refractivity contribution in [3.05, 3.63) is 65.6 Å². The monoisotopic (exact) mass is 480 g/mol. The van der Waals surface area contributed by atoms with Crippen molar-refractivity contribution in [2.45, 2.75) is 55.9 Å². The van der Waals surface area contributed by atoms with Crippen LogP contribution in [0.2, 0.25) is 0 Å². The molecule has 3 aliphatic rings. The zero-order valence-corrected chi connectivity index (χ0v) is 19.6. The maximum Gasteiger partial charge on any atom is 0.407 e. The fraction of sp³-hybridized carbons (Fsp3) is 0.423. The molecule has 3 N–H and O–H groups in total. The van der Waals surface area contributed by atoms with Crippen LogP contribution in [0.5, 0.6) is 5.88 Å². The van der Waals surface area contributed by atoms with Crippen LogP contribution in [0.4, 0.5) is 9.18 Å². The zero-order valence-electron chi connectivity index (χ0n) is 19.6.